The normalized spacial score (nSPS) is 14.9. The summed E-state index contributed by atoms with van der Waals surface area (Å²) in [6, 6.07) is 9.71. The summed E-state index contributed by atoms with van der Waals surface area (Å²) >= 11 is 12.5. The Labute approximate surface area is 230 Å². The molecule has 1 aliphatic rings. The van der Waals surface area contributed by atoms with Gasteiger partial charge in [-0.1, -0.05) is 61.2 Å². The van der Waals surface area contributed by atoms with Crippen LogP contribution in [0.2, 0.25) is 10.0 Å². The van der Waals surface area contributed by atoms with E-state index in [2.05, 4.69) is 5.32 Å². The molecule has 7 nitrogen and oxygen atoms in total. The van der Waals surface area contributed by atoms with E-state index < -0.39 is 28.5 Å². The van der Waals surface area contributed by atoms with E-state index in [9.17, 15) is 18.0 Å². The van der Waals surface area contributed by atoms with Gasteiger partial charge in [0.2, 0.25) is 21.8 Å². The number of carbonyl (C=O) groups excluding carboxylic acids is 2. The molecular formula is C27H35Cl2N3O4S. The Hall–Kier alpha value is -2.29. The second-order valence-corrected chi connectivity index (χ2v) is 12.5. The van der Waals surface area contributed by atoms with Gasteiger partial charge in [0.05, 0.1) is 11.9 Å². The van der Waals surface area contributed by atoms with Crippen LogP contribution >= 0.6 is 23.2 Å². The number of halogens is 2. The fourth-order valence-corrected chi connectivity index (χ4v) is 6.07. The summed E-state index contributed by atoms with van der Waals surface area (Å²) in [6.45, 7) is 5.09. The standard InChI is InChI=1S/C27H35Cl2N3O4S/c1-5-24(27(34)30-22-8-6-7-9-22)31(16-20-12-13-21(28)15-23(20)29)26(33)17-32(37(4,35)36)25-14-18(2)10-11-19(25)3/h10-15,22,24H,5-9,16-17H2,1-4H3,(H,30,34)/t24-/m1/s1. The van der Waals surface area contributed by atoms with Crippen LogP contribution in [0, 0.1) is 13.8 Å². The van der Waals surface area contributed by atoms with E-state index in [4.69, 9.17) is 23.2 Å². The molecule has 0 spiro atoms. The second kappa shape index (κ2) is 12.5. The lowest BCUT2D eigenvalue weighted by molar-refractivity contribution is -0.140. The molecule has 37 heavy (non-hydrogen) atoms. The molecule has 0 aromatic heterocycles. The molecule has 0 unspecified atom stereocenters. The molecule has 0 bridgehead atoms. The van der Waals surface area contributed by atoms with Crippen molar-refractivity contribution < 1.29 is 18.0 Å². The Bertz CT molecular complexity index is 1250. The number of rotatable bonds is 10. The Kier molecular flexibility index (Phi) is 9.89. The summed E-state index contributed by atoms with van der Waals surface area (Å²) in [7, 11) is -3.80. The maximum Gasteiger partial charge on any atom is 0.244 e. The van der Waals surface area contributed by atoms with E-state index in [1.54, 1.807) is 31.2 Å². The topological polar surface area (TPSA) is 86.8 Å². The summed E-state index contributed by atoms with van der Waals surface area (Å²) in [6.07, 6.45) is 5.37. The van der Waals surface area contributed by atoms with Crippen LogP contribution in [-0.2, 0) is 26.2 Å². The molecular weight excluding hydrogens is 533 g/mol. The van der Waals surface area contributed by atoms with Gasteiger partial charge < -0.3 is 10.2 Å². The average molecular weight is 569 g/mol. The predicted molar refractivity (Wildman–Crippen MR) is 150 cm³/mol. The molecule has 0 radical (unpaired) electrons. The van der Waals surface area contributed by atoms with Crippen LogP contribution in [0.1, 0.15) is 55.7 Å². The van der Waals surface area contributed by atoms with Crippen LogP contribution < -0.4 is 9.62 Å². The number of hydrogen-bond acceptors (Lipinski definition) is 4. The molecule has 1 saturated carbocycles. The SMILES string of the molecule is CC[C@H](C(=O)NC1CCCC1)N(Cc1ccc(Cl)cc1Cl)C(=O)CN(c1cc(C)ccc1C)S(C)(=O)=O. The molecule has 2 aromatic carbocycles. The fraction of sp³-hybridized carbons (Fsp3) is 0.481. The lowest BCUT2D eigenvalue weighted by Crippen LogP contribution is -2.53. The zero-order valence-electron chi connectivity index (χ0n) is 21.8. The summed E-state index contributed by atoms with van der Waals surface area (Å²) < 4.78 is 26.8. The number of sulfonamides is 1. The van der Waals surface area contributed by atoms with Gasteiger partial charge in [0.15, 0.2) is 0 Å². The van der Waals surface area contributed by atoms with Crippen molar-refractivity contribution >= 4 is 50.7 Å². The van der Waals surface area contributed by atoms with Crippen molar-refractivity contribution in [3.05, 3.63) is 63.1 Å². The molecule has 0 aliphatic heterocycles. The number of nitrogens with zero attached hydrogens (tertiary/aromatic N) is 2. The first-order valence-electron chi connectivity index (χ1n) is 12.5. The van der Waals surface area contributed by atoms with Gasteiger partial charge in [0.1, 0.15) is 12.6 Å². The maximum atomic E-state index is 13.9. The van der Waals surface area contributed by atoms with E-state index in [0.717, 1.165) is 47.4 Å². The molecule has 1 atom stereocenters. The van der Waals surface area contributed by atoms with Crippen LogP contribution in [0.5, 0.6) is 0 Å². The fourth-order valence-electron chi connectivity index (χ4n) is 4.70. The molecule has 1 N–H and O–H groups in total. The van der Waals surface area contributed by atoms with Crippen molar-refractivity contribution in [3.8, 4) is 0 Å². The van der Waals surface area contributed by atoms with Gasteiger partial charge in [-0.3, -0.25) is 13.9 Å². The number of carbonyl (C=O) groups is 2. The number of hydrogen-bond donors (Lipinski definition) is 1. The van der Waals surface area contributed by atoms with Crippen molar-refractivity contribution in [1.82, 2.24) is 10.2 Å². The minimum absolute atomic E-state index is 0.0375. The highest BCUT2D eigenvalue weighted by Crippen LogP contribution is 2.27. The minimum atomic E-state index is -3.80. The Balaban J connectivity index is 1.98. The third-order valence-corrected chi connectivity index (χ3v) is 8.47. The first-order chi connectivity index (χ1) is 17.4. The monoisotopic (exact) mass is 567 g/mol. The molecule has 10 heteroatoms. The number of amides is 2. The van der Waals surface area contributed by atoms with Crippen LogP contribution in [-0.4, -0.2) is 50.0 Å². The Morgan fingerprint density at radius 2 is 1.76 bits per heavy atom. The van der Waals surface area contributed by atoms with Crippen molar-refractivity contribution in [1.29, 1.82) is 0 Å². The van der Waals surface area contributed by atoms with Gasteiger partial charge in [-0.25, -0.2) is 8.42 Å². The molecule has 2 amide bonds. The average Bonchev–Trinajstić information content (AvgIpc) is 3.32. The minimum Gasteiger partial charge on any atom is -0.352 e. The number of benzene rings is 2. The molecule has 3 rings (SSSR count). The largest absolute Gasteiger partial charge is 0.352 e. The van der Waals surface area contributed by atoms with Gasteiger partial charge in [0.25, 0.3) is 0 Å². The molecule has 202 valence electrons. The highest BCUT2D eigenvalue weighted by molar-refractivity contribution is 7.92. The molecule has 0 saturated heterocycles. The summed E-state index contributed by atoms with van der Waals surface area (Å²) in [5, 5.41) is 3.91. The first kappa shape index (κ1) is 29.3. The quantitative estimate of drug-likeness (QED) is 0.425. The van der Waals surface area contributed by atoms with Crippen LogP contribution in [0.25, 0.3) is 0 Å². The van der Waals surface area contributed by atoms with E-state index >= 15 is 0 Å². The van der Waals surface area contributed by atoms with Crippen molar-refractivity contribution in [3.63, 3.8) is 0 Å². The van der Waals surface area contributed by atoms with Crippen LogP contribution in [0.15, 0.2) is 36.4 Å². The summed E-state index contributed by atoms with van der Waals surface area (Å²) in [5.41, 5.74) is 2.64. The second-order valence-electron chi connectivity index (χ2n) is 9.73. The molecule has 1 aliphatic carbocycles. The highest BCUT2D eigenvalue weighted by Gasteiger charge is 2.33. The van der Waals surface area contributed by atoms with E-state index in [-0.39, 0.29) is 18.5 Å². The van der Waals surface area contributed by atoms with Crippen molar-refractivity contribution in [2.24, 2.45) is 0 Å². The first-order valence-corrected chi connectivity index (χ1v) is 15.1. The third kappa shape index (κ3) is 7.62. The van der Waals surface area contributed by atoms with Crippen molar-refractivity contribution in [2.75, 3.05) is 17.1 Å². The number of anilines is 1. The molecule has 2 aromatic rings. The predicted octanol–water partition coefficient (Wildman–Crippen LogP) is 5.24. The van der Waals surface area contributed by atoms with E-state index in [1.165, 1.54) is 4.90 Å². The smallest absolute Gasteiger partial charge is 0.244 e. The maximum absolute atomic E-state index is 13.9. The van der Waals surface area contributed by atoms with Gasteiger partial charge in [0, 0.05) is 22.6 Å². The third-order valence-electron chi connectivity index (χ3n) is 6.76. The van der Waals surface area contributed by atoms with Crippen LogP contribution in [0.3, 0.4) is 0 Å². The molecule has 0 heterocycles. The molecule has 1 fully saturated rings. The summed E-state index contributed by atoms with van der Waals surface area (Å²) in [5.74, 6) is -0.740. The van der Waals surface area contributed by atoms with E-state index in [1.807, 2.05) is 26.0 Å². The summed E-state index contributed by atoms with van der Waals surface area (Å²) in [4.78, 5) is 28.7. The zero-order valence-corrected chi connectivity index (χ0v) is 24.1. The van der Waals surface area contributed by atoms with Crippen LogP contribution in [0.4, 0.5) is 5.69 Å². The van der Waals surface area contributed by atoms with Crippen molar-refractivity contribution in [2.45, 2.75) is 71.5 Å². The number of nitrogens with one attached hydrogen (secondary N) is 1. The Morgan fingerprint density at radius 1 is 1.08 bits per heavy atom. The Morgan fingerprint density at radius 3 is 2.35 bits per heavy atom. The lowest BCUT2D eigenvalue weighted by Gasteiger charge is -2.34. The van der Waals surface area contributed by atoms with Gasteiger partial charge in [-0.05, 0) is 68.0 Å². The van der Waals surface area contributed by atoms with Gasteiger partial charge in [-0.2, -0.15) is 0 Å². The lowest BCUT2D eigenvalue weighted by atomic mass is 10.1. The van der Waals surface area contributed by atoms with Gasteiger partial charge in [-0.15, -0.1) is 0 Å². The van der Waals surface area contributed by atoms with E-state index in [0.29, 0.717) is 27.7 Å². The zero-order chi connectivity index (χ0) is 27.3. The van der Waals surface area contributed by atoms with Gasteiger partial charge >= 0.3 is 0 Å². The number of aryl methyl sites for hydroxylation is 2. The highest BCUT2D eigenvalue weighted by atomic mass is 35.5.